The molecule has 1 aliphatic rings. The number of nitrogens with two attached hydrogens (primary N) is 1. The van der Waals surface area contributed by atoms with Gasteiger partial charge in [0, 0.05) is 12.6 Å². The average Bonchev–Trinajstić information content (AvgIpc) is 3.01. The van der Waals surface area contributed by atoms with Crippen LogP contribution in [0, 0.1) is 5.92 Å². The van der Waals surface area contributed by atoms with Crippen molar-refractivity contribution in [2.75, 3.05) is 11.9 Å². The van der Waals surface area contributed by atoms with Crippen LogP contribution in [0.25, 0.3) is 0 Å². The summed E-state index contributed by atoms with van der Waals surface area (Å²) < 4.78 is 0. The standard InChI is InChI=1S/C9H13ClN4/c10-7-4-12-9(13-5-7)14-8(3-11)6-1-2-6/h4-6,8H,1-3,11H2,(H,12,13,14). The summed E-state index contributed by atoms with van der Waals surface area (Å²) >= 11 is 5.68. The molecule has 2 rings (SSSR count). The van der Waals surface area contributed by atoms with Crippen LogP contribution < -0.4 is 11.1 Å². The maximum absolute atomic E-state index is 5.68. The number of anilines is 1. The van der Waals surface area contributed by atoms with Crippen LogP contribution in [0.3, 0.4) is 0 Å². The predicted molar refractivity (Wildman–Crippen MR) is 56.2 cm³/mol. The summed E-state index contributed by atoms with van der Waals surface area (Å²) in [5.41, 5.74) is 5.65. The van der Waals surface area contributed by atoms with Gasteiger partial charge in [-0.1, -0.05) is 11.6 Å². The molecule has 3 N–H and O–H groups in total. The monoisotopic (exact) mass is 212 g/mol. The number of rotatable bonds is 4. The molecule has 1 fully saturated rings. The molecule has 76 valence electrons. The fraction of sp³-hybridized carbons (Fsp3) is 0.556. The highest BCUT2D eigenvalue weighted by Gasteiger charge is 2.30. The molecule has 5 heteroatoms. The first kappa shape index (κ1) is 9.68. The molecular formula is C9H13ClN4. The zero-order valence-electron chi connectivity index (χ0n) is 7.78. The van der Waals surface area contributed by atoms with Crippen LogP contribution in [-0.2, 0) is 0 Å². The second-order valence-corrected chi connectivity index (χ2v) is 3.99. The maximum atomic E-state index is 5.68. The molecule has 1 saturated carbocycles. The van der Waals surface area contributed by atoms with E-state index in [0.29, 0.717) is 29.5 Å². The summed E-state index contributed by atoms with van der Waals surface area (Å²) in [7, 11) is 0. The minimum Gasteiger partial charge on any atom is -0.350 e. The molecule has 14 heavy (non-hydrogen) atoms. The van der Waals surface area contributed by atoms with Crippen molar-refractivity contribution in [2.45, 2.75) is 18.9 Å². The van der Waals surface area contributed by atoms with E-state index in [2.05, 4.69) is 15.3 Å². The van der Waals surface area contributed by atoms with Crippen LogP contribution in [-0.4, -0.2) is 22.6 Å². The first-order valence-corrected chi connectivity index (χ1v) is 5.11. The molecule has 1 unspecified atom stereocenters. The summed E-state index contributed by atoms with van der Waals surface area (Å²) in [5, 5.41) is 3.76. The molecule has 4 nitrogen and oxygen atoms in total. The summed E-state index contributed by atoms with van der Waals surface area (Å²) in [6.07, 6.45) is 5.67. The molecular weight excluding hydrogens is 200 g/mol. The van der Waals surface area contributed by atoms with Gasteiger partial charge in [0.2, 0.25) is 5.95 Å². The topological polar surface area (TPSA) is 63.8 Å². The lowest BCUT2D eigenvalue weighted by Crippen LogP contribution is -2.31. The zero-order chi connectivity index (χ0) is 9.97. The van der Waals surface area contributed by atoms with E-state index in [0.717, 1.165) is 0 Å². The van der Waals surface area contributed by atoms with Gasteiger partial charge in [-0.3, -0.25) is 0 Å². The first-order chi connectivity index (χ1) is 6.79. The fourth-order valence-corrected chi connectivity index (χ4v) is 1.52. The molecule has 0 aliphatic heterocycles. The highest BCUT2D eigenvalue weighted by Crippen LogP contribution is 2.33. The van der Waals surface area contributed by atoms with Gasteiger partial charge in [-0.15, -0.1) is 0 Å². The van der Waals surface area contributed by atoms with Crippen molar-refractivity contribution in [1.29, 1.82) is 0 Å². The Morgan fingerprint density at radius 1 is 1.50 bits per heavy atom. The summed E-state index contributed by atoms with van der Waals surface area (Å²) in [6.45, 7) is 0.622. The number of nitrogens with zero attached hydrogens (tertiary/aromatic N) is 2. The van der Waals surface area contributed by atoms with Crippen LogP contribution in [0.15, 0.2) is 12.4 Å². The minimum atomic E-state index is 0.302. The Labute approximate surface area is 87.9 Å². The third-order valence-corrected chi connectivity index (χ3v) is 2.57. The van der Waals surface area contributed by atoms with E-state index in [4.69, 9.17) is 17.3 Å². The third kappa shape index (κ3) is 2.33. The fourth-order valence-electron chi connectivity index (χ4n) is 1.42. The molecule has 0 bridgehead atoms. The molecule has 1 aromatic rings. The zero-order valence-corrected chi connectivity index (χ0v) is 8.54. The Bertz CT molecular complexity index is 296. The quantitative estimate of drug-likeness (QED) is 0.789. The van der Waals surface area contributed by atoms with Crippen LogP contribution in [0.2, 0.25) is 5.02 Å². The Balaban J connectivity index is 1.98. The summed E-state index contributed by atoms with van der Waals surface area (Å²) in [4.78, 5) is 8.13. The Kier molecular flexibility index (Phi) is 2.84. The lowest BCUT2D eigenvalue weighted by molar-refractivity contribution is 0.639. The van der Waals surface area contributed by atoms with Gasteiger partial charge < -0.3 is 11.1 Å². The van der Waals surface area contributed by atoms with Gasteiger partial charge in [-0.25, -0.2) is 9.97 Å². The van der Waals surface area contributed by atoms with Crippen molar-refractivity contribution in [3.63, 3.8) is 0 Å². The third-order valence-electron chi connectivity index (χ3n) is 2.38. The van der Waals surface area contributed by atoms with Crippen LogP contribution >= 0.6 is 11.6 Å². The normalized spacial score (nSPS) is 17.9. The number of halogens is 1. The number of hydrogen-bond donors (Lipinski definition) is 2. The van der Waals surface area contributed by atoms with Crippen LogP contribution in [0.4, 0.5) is 5.95 Å². The lowest BCUT2D eigenvalue weighted by Gasteiger charge is -2.15. The van der Waals surface area contributed by atoms with Gasteiger partial charge in [0.15, 0.2) is 0 Å². The van der Waals surface area contributed by atoms with Crippen LogP contribution in [0.1, 0.15) is 12.8 Å². The molecule has 0 amide bonds. The molecule has 0 spiro atoms. The van der Waals surface area contributed by atoms with E-state index in [1.54, 1.807) is 12.4 Å². The maximum Gasteiger partial charge on any atom is 0.222 e. The molecule has 0 radical (unpaired) electrons. The van der Waals surface area contributed by atoms with Gasteiger partial charge in [0.05, 0.1) is 17.4 Å². The lowest BCUT2D eigenvalue weighted by atomic mass is 10.2. The van der Waals surface area contributed by atoms with E-state index in [9.17, 15) is 0 Å². The van der Waals surface area contributed by atoms with Crippen molar-refractivity contribution < 1.29 is 0 Å². The first-order valence-electron chi connectivity index (χ1n) is 4.73. The van der Waals surface area contributed by atoms with E-state index in [1.165, 1.54) is 12.8 Å². The Morgan fingerprint density at radius 2 is 2.14 bits per heavy atom. The molecule has 1 atom stereocenters. The molecule has 0 aromatic carbocycles. The van der Waals surface area contributed by atoms with E-state index < -0.39 is 0 Å². The molecule has 1 aromatic heterocycles. The Morgan fingerprint density at radius 3 is 2.64 bits per heavy atom. The molecule has 1 heterocycles. The van der Waals surface area contributed by atoms with Gasteiger partial charge in [0.1, 0.15) is 0 Å². The number of hydrogen-bond acceptors (Lipinski definition) is 4. The number of nitrogens with one attached hydrogen (secondary N) is 1. The highest BCUT2D eigenvalue weighted by atomic mass is 35.5. The SMILES string of the molecule is NCC(Nc1ncc(Cl)cn1)C1CC1. The van der Waals surface area contributed by atoms with Gasteiger partial charge in [-0.2, -0.15) is 0 Å². The van der Waals surface area contributed by atoms with E-state index in [-0.39, 0.29) is 0 Å². The van der Waals surface area contributed by atoms with Gasteiger partial charge >= 0.3 is 0 Å². The van der Waals surface area contributed by atoms with Crippen molar-refractivity contribution >= 4 is 17.5 Å². The second-order valence-electron chi connectivity index (χ2n) is 3.55. The van der Waals surface area contributed by atoms with E-state index in [1.807, 2.05) is 0 Å². The Hall–Kier alpha value is -0.870. The highest BCUT2D eigenvalue weighted by molar-refractivity contribution is 6.30. The van der Waals surface area contributed by atoms with Crippen molar-refractivity contribution in [2.24, 2.45) is 11.7 Å². The van der Waals surface area contributed by atoms with E-state index >= 15 is 0 Å². The largest absolute Gasteiger partial charge is 0.350 e. The average molecular weight is 213 g/mol. The van der Waals surface area contributed by atoms with Gasteiger partial charge in [-0.05, 0) is 18.8 Å². The van der Waals surface area contributed by atoms with Crippen molar-refractivity contribution in [3.05, 3.63) is 17.4 Å². The van der Waals surface area contributed by atoms with Crippen molar-refractivity contribution in [3.8, 4) is 0 Å². The minimum absolute atomic E-state index is 0.302. The summed E-state index contributed by atoms with van der Waals surface area (Å²) in [5.74, 6) is 1.30. The number of aromatic nitrogens is 2. The second kappa shape index (κ2) is 4.11. The molecule has 0 saturated heterocycles. The molecule has 1 aliphatic carbocycles. The van der Waals surface area contributed by atoms with Crippen molar-refractivity contribution in [1.82, 2.24) is 9.97 Å². The smallest absolute Gasteiger partial charge is 0.222 e. The van der Waals surface area contributed by atoms with Gasteiger partial charge in [0.25, 0.3) is 0 Å². The summed E-state index contributed by atoms with van der Waals surface area (Å²) in [6, 6.07) is 0.302. The predicted octanol–water partition coefficient (Wildman–Crippen LogP) is 1.28. The van der Waals surface area contributed by atoms with Crippen LogP contribution in [0.5, 0.6) is 0 Å².